The van der Waals surface area contributed by atoms with Gasteiger partial charge in [-0.3, -0.25) is 9.59 Å². The van der Waals surface area contributed by atoms with Crippen molar-refractivity contribution in [1.29, 1.82) is 0 Å². The first kappa shape index (κ1) is 20.6. The minimum absolute atomic E-state index is 0. The van der Waals surface area contributed by atoms with Crippen molar-refractivity contribution in [2.24, 2.45) is 11.7 Å². The van der Waals surface area contributed by atoms with Crippen molar-refractivity contribution in [3.8, 4) is 0 Å². The van der Waals surface area contributed by atoms with Gasteiger partial charge in [0.05, 0.1) is 5.92 Å². The fourth-order valence-electron chi connectivity index (χ4n) is 3.91. The topological polar surface area (TPSA) is 66.6 Å². The largest absolute Gasteiger partial charge is 0.338 e. The lowest BCUT2D eigenvalue weighted by molar-refractivity contribution is -0.140. The third kappa shape index (κ3) is 4.54. The van der Waals surface area contributed by atoms with E-state index in [2.05, 4.69) is 0 Å². The molecule has 2 amide bonds. The van der Waals surface area contributed by atoms with Crippen molar-refractivity contribution in [2.45, 2.75) is 38.1 Å². The number of likely N-dealkylation sites (tertiary alicyclic amines) is 2. The Hall–Kier alpha value is -1.66. The van der Waals surface area contributed by atoms with Crippen LogP contribution in [0.5, 0.6) is 0 Å². The Morgan fingerprint density at radius 1 is 1.08 bits per heavy atom. The summed E-state index contributed by atoms with van der Waals surface area (Å²) in [6.07, 6.45) is 4.72. The number of benzene rings is 1. The van der Waals surface area contributed by atoms with Gasteiger partial charge in [0.15, 0.2) is 0 Å². The maximum Gasteiger partial charge on any atom is 0.253 e. The summed E-state index contributed by atoms with van der Waals surface area (Å²) in [4.78, 5) is 29.2. The molecule has 2 saturated heterocycles. The lowest BCUT2D eigenvalue weighted by Crippen LogP contribution is -2.53. The molecule has 1 aromatic rings. The molecule has 2 heterocycles. The third-order valence-corrected chi connectivity index (χ3v) is 5.33. The van der Waals surface area contributed by atoms with Crippen LogP contribution in [-0.4, -0.2) is 53.8 Å². The number of rotatable bonds is 3. The quantitative estimate of drug-likeness (QED) is 0.871. The molecule has 1 aromatic carbocycles. The van der Waals surface area contributed by atoms with Crippen molar-refractivity contribution in [3.05, 3.63) is 35.6 Å². The van der Waals surface area contributed by atoms with Crippen molar-refractivity contribution in [2.75, 3.05) is 26.2 Å². The first-order valence-corrected chi connectivity index (χ1v) is 9.15. The fourth-order valence-corrected chi connectivity index (χ4v) is 3.91. The summed E-state index contributed by atoms with van der Waals surface area (Å²) in [5.41, 5.74) is 6.30. The van der Waals surface area contributed by atoms with Crippen LogP contribution in [0.2, 0.25) is 0 Å². The van der Waals surface area contributed by atoms with Crippen LogP contribution in [0.4, 0.5) is 4.39 Å². The predicted molar refractivity (Wildman–Crippen MR) is 101 cm³/mol. The number of amides is 2. The molecule has 7 heteroatoms. The SMILES string of the molecule is Cl.NCC1CCCCN1C(=O)C1CCCN(C(=O)c2ccc(F)cc2)C1. The van der Waals surface area contributed by atoms with Crippen molar-refractivity contribution in [1.82, 2.24) is 9.80 Å². The second-order valence-corrected chi connectivity index (χ2v) is 7.01. The zero-order valence-corrected chi connectivity index (χ0v) is 15.7. The molecule has 26 heavy (non-hydrogen) atoms. The number of carbonyl (C=O) groups is 2. The summed E-state index contributed by atoms with van der Waals surface area (Å²) in [5, 5.41) is 0. The molecule has 2 aliphatic heterocycles. The van der Waals surface area contributed by atoms with Crippen molar-refractivity contribution in [3.63, 3.8) is 0 Å². The first-order valence-electron chi connectivity index (χ1n) is 9.15. The molecule has 0 aliphatic carbocycles. The van der Waals surface area contributed by atoms with E-state index < -0.39 is 0 Å². The van der Waals surface area contributed by atoms with Crippen molar-refractivity contribution >= 4 is 24.2 Å². The molecule has 5 nitrogen and oxygen atoms in total. The van der Waals surface area contributed by atoms with Crippen LogP contribution in [0.15, 0.2) is 24.3 Å². The lowest BCUT2D eigenvalue weighted by Gasteiger charge is -2.40. The third-order valence-electron chi connectivity index (χ3n) is 5.33. The normalized spacial score (nSPS) is 23.3. The smallest absolute Gasteiger partial charge is 0.253 e. The minimum Gasteiger partial charge on any atom is -0.338 e. The minimum atomic E-state index is -0.360. The molecule has 0 bridgehead atoms. The summed E-state index contributed by atoms with van der Waals surface area (Å²) in [7, 11) is 0. The van der Waals surface area contributed by atoms with Gasteiger partial charge < -0.3 is 15.5 Å². The highest BCUT2D eigenvalue weighted by atomic mass is 35.5. The second kappa shape index (κ2) is 9.33. The molecule has 2 atom stereocenters. The van der Waals surface area contributed by atoms with Crippen molar-refractivity contribution < 1.29 is 14.0 Å². The van der Waals surface area contributed by atoms with Gasteiger partial charge in [-0.2, -0.15) is 0 Å². The number of nitrogens with zero attached hydrogens (tertiary/aromatic N) is 2. The molecular weight excluding hydrogens is 357 g/mol. The van der Waals surface area contributed by atoms with Gasteiger partial charge in [-0.1, -0.05) is 0 Å². The second-order valence-electron chi connectivity index (χ2n) is 7.01. The van der Waals surface area contributed by atoms with Gasteiger partial charge in [-0.15, -0.1) is 12.4 Å². The monoisotopic (exact) mass is 383 g/mol. The number of nitrogens with two attached hydrogens (primary N) is 1. The van der Waals surface area contributed by atoms with E-state index in [1.165, 1.54) is 24.3 Å². The molecule has 0 aromatic heterocycles. The maximum atomic E-state index is 13.1. The summed E-state index contributed by atoms with van der Waals surface area (Å²) < 4.78 is 13.1. The van der Waals surface area contributed by atoms with Gasteiger partial charge in [0.2, 0.25) is 5.91 Å². The van der Waals surface area contributed by atoms with E-state index in [1.807, 2.05) is 4.90 Å². The van der Waals surface area contributed by atoms with Gasteiger partial charge in [0.25, 0.3) is 5.91 Å². The van der Waals surface area contributed by atoms with Gasteiger partial charge in [-0.05, 0) is 56.4 Å². The Morgan fingerprint density at radius 2 is 1.81 bits per heavy atom. The molecule has 0 radical (unpaired) electrons. The van der Waals surface area contributed by atoms with E-state index in [-0.39, 0.29) is 42.0 Å². The van der Waals surface area contributed by atoms with E-state index in [0.717, 1.165) is 38.6 Å². The molecular formula is C19H27ClFN3O2. The Morgan fingerprint density at radius 3 is 2.50 bits per heavy atom. The van der Waals surface area contributed by atoms with Crippen LogP contribution in [0.3, 0.4) is 0 Å². The molecule has 0 spiro atoms. The number of piperidine rings is 2. The van der Waals surface area contributed by atoms with E-state index in [0.29, 0.717) is 25.2 Å². The molecule has 144 valence electrons. The van der Waals surface area contributed by atoms with Gasteiger partial charge in [0.1, 0.15) is 5.82 Å². The van der Waals surface area contributed by atoms with Crippen LogP contribution in [-0.2, 0) is 4.79 Å². The molecule has 2 fully saturated rings. The van der Waals surface area contributed by atoms with Gasteiger partial charge >= 0.3 is 0 Å². The van der Waals surface area contributed by atoms with Gasteiger partial charge in [-0.25, -0.2) is 4.39 Å². The molecule has 2 aliphatic rings. The van der Waals surface area contributed by atoms with E-state index in [9.17, 15) is 14.0 Å². The van der Waals surface area contributed by atoms with Crippen LogP contribution in [0.1, 0.15) is 42.5 Å². The predicted octanol–water partition coefficient (Wildman–Crippen LogP) is 2.44. The number of hydrogen-bond donors (Lipinski definition) is 1. The number of halogens is 2. The summed E-state index contributed by atoms with van der Waals surface area (Å²) in [6.45, 7) is 2.34. The molecule has 2 unspecified atom stereocenters. The van der Waals surface area contributed by atoms with E-state index in [4.69, 9.17) is 5.73 Å². The number of carbonyl (C=O) groups excluding carboxylic acids is 2. The standard InChI is InChI=1S/C19H26FN3O2.ClH/c20-16-8-6-14(7-9-16)18(24)22-10-3-4-15(13-22)19(25)23-11-2-1-5-17(23)12-21;/h6-9,15,17H,1-5,10-13,21H2;1H. The van der Waals surface area contributed by atoms with Gasteiger partial charge in [0, 0.05) is 37.8 Å². The highest BCUT2D eigenvalue weighted by Gasteiger charge is 2.34. The average molecular weight is 384 g/mol. The summed E-state index contributed by atoms with van der Waals surface area (Å²) in [5.74, 6) is -0.523. The average Bonchev–Trinajstić information content (AvgIpc) is 2.67. The zero-order valence-electron chi connectivity index (χ0n) is 14.9. The van der Waals surface area contributed by atoms with E-state index in [1.54, 1.807) is 4.90 Å². The van der Waals surface area contributed by atoms with Crippen LogP contribution in [0.25, 0.3) is 0 Å². The highest BCUT2D eigenvalue weighted by molar-refractivity contribution is 5.94. The Bertz CT molecular complexity index is 626. The highest BCUT2D eigenvalue weighted by Crippen LogP contribution is 2.25. The Kier molecular flexibility index (Phi) is 7.41. The summed E-state index contributed by atoms with van der Waals surface area (Å²) in [6, 6.07) is 5.71. The summed E-state index contributed by atoms with van der Waals surface area (Å²) >= 11 is 0. The lowest BCUT2D eigenvalue weighted by atomic mass is 9.93. The zero-order chi connectivity index (χ0) is 17.8. The maximum absolute atomic E-state index is 13.1. The van der Waals surface area contributed by atoms with E-state index >= 15 is 0 Å². The number of hydrogen-bond acceptors (Lipinski definition) is 3. The molecule has 2 N–H and O–H groups in total. The Labute approximate surface area is 160 Å². The fraction of sp³-hybridized carbons (Fsp3) is 0.579. The van der Waals surface area contributed by atoms with Crippen LogP contribution < -0.4 is 5.73 Å². The Balaban J connectivity index is 0.00000243. The van der Waals surface area contributed by atoms with Crippen LogP contribution in [0, 0.1) is 11.7 Å². The first-order chi connectivity index (χ1) is 12.1. The van der Waals surface area contributed by atoms with Crippen LogP contribution >= 0.6 is 12.4 Å². The molecule has 0 saturated carbocycles. The molecule has 3 rings (SSSR count).